The molecule has 7 heteroatoms. The van der Waals surface area contributed by atoms with Gasteiger partial charge >= 0.3 is 0 Å². The van der Waals surface area contributed by atoms with Crippen molar-refractivity contribution in [1.82, 2.24) is 15.1 Å². The number of amides is 1. The van der Waals surface area contributed by atoms with Crippen LogP contribution in [0.15, 0.2) is 30.6 Å². The lowest BCUT2D eigenvalue weighted by molar-refractivity contribution is -0.0300. The van der Waals surface area contributed by atoms with E-state index in [0.717, 1.165) is 19.3 Å². The van der Waals surface area contributed by atoms with Gasteiger partial charge in [-0.2, -0.15) is 5.10 Å². The van der Waals surface area contributed by atoms with Gasteiger partial charge in [0.1, 0.15) is 0 Å². The van der Waals surface area contributed by atoms with Crippen molar-refractivity contribution in [3.63, 3.8) is 0 Å². The van der Waals surface area contributed by atoms with Gasteiger partial charge in [0.2, 0.25) is 0 Å². The van der Waals surface area contributed by atoms with Crippen LogP contribution in [0.2, 0.25) is 10.0 Å². The van der Waals surface area contributed by atoms with Gasteiger partial charge in [0.25, 0.3) is 5.91 Å². The van der Waals surface area contributed by atoms with E-state index in [9.17, 15) is 9.90 Å². The molecule has 1 fully saturated rings. The Morgan fingerprint density at radius 2 is 2.18 bits per heavy atom. The van der Waals surface area contributed by atoms with Gasteiger partial charge in [0.05, 0.1) is 28.1 Å². The van der Waals surface area contributed by atoms with Crippen molar-refractivity contribution in [3.8, 4) is 5.69 Å². The fourth-order valence-corrected chi connectivity index (χ4v) is 2.84. The summed E-state index contributed by atoms with van der Waals surface area (Å²) >= 11 is 12.0. The van der Waals surface area contributed by atoms with Gasteiger partial charge in [0.15, 0.2) is 0 Å². The Morgan fingerprint density at radius 3 is 2.82 bits per heavy atom. The van der Waals surface area contributed by atoms with Gasteiger partial charge in [-0.25, -0.2) is 4.68 Å². The monoisotopic (exact) mass is 339 g/mol. The lowest BCUT2D eigenvalue weighted by Gasteiger charge is -2.36. The Balaban J connectivity index is 1.71. The van der Waals surface area contributed by atoms with Gasteiger partial charge in [-0.3, -0.25) is 4.79 Å². The van der Waals surface area contributed by atoms with Crippen LogP contribution in [0.4, 0.5) is 0 Å². The molecule has 1 saturated carbocycles. The van der Waals surface area contributed by atoms with E-state index in [1.807, 2.05) is 0 Å². The van der Waals surface area contributed by atoms with Gasteiger partial charge in [-0.05, 0) is 37.5 Å². The average molecular weight is 340 g/mol. The molecule has 5 nitrogen and oxygen atoms in total. The molecular formula is C15H15Cl2N3O2. The molecule has 0 saturated heterocycles. The van der Waals surface area contributed by atoms with Crippen LogP contribution >= 0.6 is 23.2 Å². The minimum absolute atomic E-state index is 0.263. The molecule has 1 aromatic carbocycles. The molecule has 0 radical (unpaired) electrons. The molecule has 116 valence electrons. The van der Waals surface area contributed by atoms with Gasteiger partial charge < -0.3 is 10.4 Å². The van der Waals surface area contributed by atoms with Crippen LogP contribution in [0.1, 0.15) is 29.6 Å². The highest BCUT2D eigenvalue weighted by Gasteiger charge is 2.34. The van der Waals surface area contributed by atoms with Crippen molar-refractivity contribution in [2.75, 3.05) is 6.54 Å². The summed E-state index contributed by atoms with van der Waals surface area (Å²) in [6, 6.07) is 5.05. The minimum atomic E-state index is -0.745. The van der Waals surface area contributed by atoms with Crippen molar-refractivity contribution in [3.05, 3.63) is 46.2 Å². The third-order valence-electron chi connectivity index (χ3n) is 3.86. The number of carbonyl (C=O) groups is 1. The molecule has 0 aliphatic heterocycles. The second-order valence-electron chi connectivity index (χ2n) is 5.53. The predicted molar refractivity (Wildman–Crippen MR) is 84.7 cm³/mol. The van der Waals surface area contributed by atoms with Crippen molar-refractivity contribution < 1.29 is 9.90 Å². The zero-order chi connectivity index (χ0) is 15.7. The van der Waals surface area contributed by atoms with E-state index in [1.165, 1.54) is 10.9 Å². The van der Waals surface area contributed by atoms with E-state index >= 15 is 0 Å². The Morgan fingerprint density at radius 1 is 1.41 bits per heavy atom. The highest BCUT2D eigenvalue weighted by molar-refractivity contribution is 6.35. The normalized spacial score (nSPS) is 16.1. The third-order valence-corrected chi connectivity index (χ3v) is 4.40. The molecule has 0 unspecified atom stereocenters. The summed E-state index contributed by atoms with van der Waals surface area (Å²) in [6.45, 7) is 0.263. The summed E-state index contributed by atoms with van der Waals surface area (Å²) in [7, 11) is 0. The molecule has 1 aliphatic carbocycles. The van der Waals surface area contributed by atoms with Crippen molar-refractivity contribution >= 4 is 29.1 Å². The molecule has 1 heterocycles. The van der Waals surface area contributed by atoms with Crippen LogP contribution < -0.4 is 5.32 Å². The van der Waals surface area contributed by atoms with E-state index < -0.39 is 5.60 Å². The predicted octanol–water partition coefficient (Wildman–Crippen LogP) is 2.82. The maximum Gasteiger partial charge on any atom is 0.254 e. The molecule has 1 aliphatic rings. The number of halogens is 2. The molecule has 0 atom stereocenters. The smallest absolute Gasteiger partial charge is 0.254 e. The van der Waals surface area contributed by atoms with Crippen LogP contribution in [0.25, 0.3) is 5.69 Å². The fourth-order valence-electron chi connectivity index (χ4n) is 2.35. The molecule has 22 heavy (non-hydrogen) atoms. The summed E-state index contributed by atoms with van der Waals surface area (Å²) < 4.78 is 1.52. The van der Waals surface area contributed by atoms with Crippen LogP contribution in [0, 0.1) is 0 Å². The first-order valence-corrected chi connectivity index (χ1v) is 7.73. The van der Waals surface area contributed by atoms with Crippen LogP contribution in [-0.4, -0.2) is 32.9 Å². The number of carbonyl (C=O) groups excluding carboxylic acids is 1. The highest BCUT2D eigenvalue weighted by atomic mass is 35.5. The minimum Gasteiger partial charge on any atom is -0.388 e. The SMILES string of the molecule is O=C(NCC1(O)CCC1)c1cnn(-c2ccc(Cl)cc2Cl)c1. The zero-order valence-corrected chi connectivity index (χ0v) is 13.2. The summed E-state index contributed by atoms with van der Waals surface area (Å²) in [5.74, 6) is -0.267. The van der Waals surface area contributed by atoms with Gasteiger partial charge in [0, 0.05) is 17.8 Å². The van der Waals surface area contributed by atoms with Crippen LogP contribution in [0.5, 0.6) is 0 Å². The molecule has 1 aromatic heterocycles. The number of nitrogens with zero attached hydrogens (tertiary/aromatic N) is 2. The molecule has 2 aromatic rings. The van der Waals surface area contributed by atoms with E-state index in [0.29, 0.717) is 21.3 Å². The zero-order valence-electron chi connectivity index (χ0n) is 11.7. The molecule has 0 bridgehead atoms. The lowest BCUT2D eigenvalue weighted by atomic mass is 9.80. The Bertz CT molecular complexity index is 711. The second-order valence-corrected chi connectivity index (χ2v) is 6.37. The average Bonchev–Trinajstić information content (AvgIpc) is 2.92. The van der Waals surface area contributed by atoms with Crippen molar-refractivity contribution in [2.45, 2.75) is 24.9 Å². The van der Waals surface area contributed by atoms with Crippen molar-refractivity contribution in [1.29, 1.82) is 0 Å². The second kappa shape index (κ2) is 5.91. The first-order chi connectivity index (χ1) is 10.5. The van der Waals surface area contributed by atoms with E-state index in [1.54, 1.807) is 24.4 Å². The van der Waals surface area contributed by atoms with E-state index in [2.05, 4.69) is 10.4 Å². The number of rotatable bonds is 4. The van der Waals surface area contributed by atoms with Crippen LogP contribution in [-0.2, 0) is 0 Å². The molecular weight excluding hydrogens is 325 g/mol. The molecule has 0 spiro atoms. The van der Waals surface area contributed by atoms with Crippen molar-refractivity contribution in [2.24, 2.45) is 0 Å². The Labute approximate surface area is 137 Å². The Kier molecular flexibility index (Phi) is 4.12. The number of benzene rings is 1. The van der Waals surface area contributed by atoms with E-state index in [-0.39, 0.29) is 12.5 Å². The third kappa shape index (κ3) is 3.11. The maximum absolute atomic E-state index is 12.1. The first kappa shape index (κ1) is 15.3. The van der Waals surface area contributed by atoms with E-state index in [4.69, 9.17) is 23.2 Å². The summed E-state index contributed by atoms with van der Waals surface area (Å²) in [4.78, 5) is 12.1. The van der Waals surface area contributed by atoms with Crippen LogP contribution in [0.3, 0.4) is 0 Å². The maximum atomic E-state index is 12.1. The number of hydrogen-bond acceptors (Lipinski definition) is 3. The Hall–Kier alpha value is -1.56. The summed E-state index contributed by atoms with van der Waals surface area (Å²) in [5, 5.41) is 17.8. The van der Waals surface area contributed by atoms with Gasteiger partial charge in [-0.15, -0.1) is 0 Å². The topological polar surface area (TPSA) is 67.2 Å². The summed E-state index contributed by atoms with van der Waals surface area (Å²) in [5.41, 5.74) is 0.308. The lowest BCUT2D eigenvalue weighted by Crippen LogP contribution is -2.47. The highest BCUT2D eigenvalue weighted by Crippen LogP contribution is 2.30. The quantitative estimate of drug-likeness (QED) is 0.899. The number of hydrogen-bond donors (Lipinski definition) is 2. The number of aromatic nitrogens is 2. The van der Waals surface area contributed by atoms with Gasteiger partial charge in [-0.1, -0.05) is 23.2 Å². The summed E-state index contributed by atoms with van der Waals surface area (Å²) in [6.07, 6.45) is 5.51. The largest absolute Gasteiger partial charge is 0.388 e. The molecule has 1 amide bonds. The standard InChI is InChI=1S/C15H15Cl2N3O2/c16-11-2-3-13(12(17)6-11)20-8-10(7-19-20)14(21)18-9-15(22)4-1-5-15/h2-3,6-8,22H,1,4-5,9H2,(H,18,21). The molecule has 2 N–H and O–H groups in total. The molecule has 3 rings (SSSR count). The first-order valence-electron chi connectivity index (χ1n) is 6.98. The number of aliphatic hydroxyl groups is 1. The number of nitrogens with one attached hydrogen (secondary N) is 1. The fraction of sp³-hybridized carbons (Fsp3) is 0.333.